The fourth-order valence-electron chi connectivity index (χ4n) is 4.07. The van der Waals surface area contributed by atoms with Crippen LogP contribution < -0.4 is 14.8 Å². The highest BCUT2D eigenvalue weighted by Crippen LogP contribution is 2.32. The molecule has 0 fully saturated rings. The number of hydrogen-bond acceptors (Lipinski definition) is 7. The lowest BCUT2D eigenvalue weighted by Gasteiger charge is -2.16. The molecule has 0 atom stereocenters. The summed E-state index contributed by atoms with van der Waals surface area (Å²) in [6, 6.07) is 19.2. The topological polar surface area (TPSA) is 97.8 Å². The zero-order valence-electron chi connectivity index (χ0n) is 19.5. The molecule has 0 spiro atoms. The van der Waals surface area contributed by atoms with E-state index in [0.717, 1.165) is 5.56 Å². The Kier molecular flexibility index (Phi) is 6.22. The van der Waals surface area contributed by atoms with E-state index in [2.05, 4.69) is 10.3 Å². The Morgan fingerprint density at radius 3 is 2.19 bits per heavy atom. The quantitative estimate of drug-likeness (QED) is 0.364. The Balaban J connectivity index is 1.37. The Bertz CT molecular complexity index is 1460. The van der Waals surface area contributed by atoms with E-state index in [9.17, 15) is 14.4 Å². The Hall–Kier alpha value is -4.50. The van der Waals surface area contributed by atoms with Gasteiger partial charge in [-0.15, -0.1) is 11.3 Å². The fraction of sp³-hybridized carbons (Fsp3) is 0.111. The van der Waals surface area contributed by atoms with Crippen LogP contribution in [0.2, 0.25) is 0 Å². The molecule has 0 saturated heterocycles. The first kappa shape index (κ1) is 23.3. The number of hydrogen-bond donors (Lipinski definition) is 1. The molecule has 8 nitrogen and oxygen atoms in total. The highest BCUT2D eigenvalue weighted by atomic mass is 32.1. The lowest BCUT2D eigenvalue weighted by atomic mass is 10.1. The molecule has 2 heterocycles. The Morgan fingerprint density at radius 2 is 1.53 bits per heavy atom. The molecule has 0 saturated carbocycles. The van der Waals surface area contributed by atoms with Gasteiger partial charge in [-0.2, -0.15) is 0 Å². The van der Waals surface area contributed by atoms with Crippen LogP contribution in [0.5, 0.6) is 11.5 Å². The number of anilines is 1. The van der Waals surface area contributed by atoms with Gasteiger partial charge in [0.15, 0.2) is 5.13 Å². The third-order valence-corrected chi connectivity index (χ3v) is 6.59. The van der Waals surface area contributed by atoms with Crippen molar-refractivity contribution < 1.29 is 23.9 Å². The predicted molar refractivity (Wildman–Crippen MR) is 136 cm³/mol. The molecule has 0 radical (unpaired) electrons. The van der Waals surface area contributed by atoms with E-state index < -0.39 is 5.91 Å². The molecule has 36 heavy (non-hydrogen) atoms. The number of fused-ring (bicyclic) bond motifs is 1. The minimum Gasteiger partial charge on any atom is -0.496 e. The van der Waals surface area contributed by atoms with Crippen molar-refractivity contribution in [3.8, 4) is 22.8 Å². The first-order valence-corrected chi connectivity index (χ1v) is 11.9. The van der Waals surface area contributed by atoms with Crippen LogP contribution in [0.3, 0.4) is 0 Å². The van der Waals surface area contributed by atoms with E-state index in [1.807, 2.05) is 29.6 Å². The first-order valence-electron chi connectivity index (χ1n) is 11.0. The molecule has 1 N–H and O–H groups in total. The van der Waals surface area contributed by atoms with Crippen molar-refractivity contribution in [2.45, 2.75) is 6.54 Å². The van der Waals surface area contributed by atoms with E-state index in [0.29, 0.717) is 39.0 Å². The highest BCUT2D eigenvalue weighted by Gasteiger charge is 2.35. The average molecular weight is 500 g/mol. The molecule has 1 aliphatic rings. The summed E-state index contributed by atoms with van der Waals surface area (Å²) in [7, 11) is 3.06. The van der Waals surface area contributed by atoms with Gasteiger partial charge in [-0.05, 0) is 42.0 Å². The van der Waals surface area contributed by atoms with Crippen LogP contribution in [0.15, 0.2) is 72.1 Å². The van der Waals surface area contributed by atoms with Crippen molar-refractivity contribution in [2.24, 2.45) is 0 Å². The second-order valence-corrected chi connectivity index (χ2v) is 8.83. The van der Waals surface area contributed by atoms with Crippen LogP contribution >= 0.6 is 11.3 Å². The number of amides is 3. The summed E-state index contributed by atoms with van der Waals surface area (Å²) in [5, 5.41) is 5.06. The number of carbonyl (C=O) groups excluding carboxylic acids is 3. The van der Waals surface area contributed by atoms with E-state index in [4.69, 9.17) is 9.47 Å². The van der Waals surface area contributed by atoms with Crippen LogP contribution in [-0.2, 0) is 6.54 Å². The molecule has 0 unspecified atom stereocenters. The molecule has 1 aromatic heterocycles. The molecule has 1 aliphatic heterocycles. The van der Waals surface area contributed by atoms with Gasteiger partial charge in [0.05, 0.1) is 43.1 Å². The summed E-state index contributed by atoms with van der Waals surface area (Å²) in [5.41, 5.74) is 3.13. The number of benzene rings is 3. The third-order valence-electron chi connectivity index (χ3n) is 5.83. The molecule has 0 aliphatic carbocycles. The van der Waals surface area contributed by atoms with Gasteiger partial charge in [0, 0.05) is 10.9 Å². The summed E-state index contributed by atoms with van der Waals surface area (Å²) in [6.45, 7) is 0.0336. The van der Waals surface area contributed by atoms with Crippen LogP contribution in [-0.4, -0.2) is 41.8 Å². The minimum atomic E-state index is -0.419. The van der Waals surface area contributed by atoms with Crippen LogP contribution in [0, 0.1) is 0 Å². The summed E-state index contributed by atoms with van der Waals surface area (Å²) in [6.07, 6.45) is 0. The van der Waals surface area contributed by atoms with Crippen molar-refractivity contribution in [1.29, 1.82) is 0 Å². The normalized spacial score (nSPS) is 12.4. The molecule has 3 amide bonds. The average Bonchev–Trinajstić information content (AvgIpc) is 3.47. The Morgan fingerprint density at radius 1 is 0.889 bits per heavy atom. The second kappa shape index (κ2) is 9.63. The van der Waals surface area contributed by atoms with Crippen molar-refractivity contribution in [2.75, 3.05) is 19.5 Å². The van der Waals surface area contributed by atoms with E-state index >= 15 is 0 Å². The fourth-order valence-corrected chi connectivity index (χ4v) is 4.78. The van der Waals surface area contributed by atoms with E-state index in [1.54, 1.807) is 49.6 Å². The lowest BCUT2D eigenvalue weighted by molar-refractivity contribution is 0.0642. The number of nitrogens with one attached hydrogen (secondary N) is 1. The standard InChI is InChI=1S/C27H21N3O5S/c1-34-22-10-6-5-9-19(22)21-15-36-27(28-21)29-24(31)20-13-16(11-12-23(20)35-2)14-30-25(32)17-7-3-4-8-18(17)26(30)33/h3-13,15H,14H2,1-2H3,(H,28,29,31). The van der Waals surface area contributed by atoms with Crippen molar-refractivity contribution >= 4 is 34.2 Å². The summed E-state index contributed by atoms with van der Waals surface area (Å²) < 4.78 is 10.8. The van der Waals surface area contributed by atoms with E-state index in [1.165, 1.54) is 23.3 Å². The monoisotopic (exact) mass is 499 g/mol. The van der Waals surface area contributed by atoms with Gasteiger partial charge in [0.25, 0.3) is 17.7 Å². The number of carbonyl (C=O) groups is 3. The zero-order chi connectivity index (χ0) is 25.2. The molecule has 0 bridgehead atoms. The third kappa shape index (κ3) is 4.20. The lowest BCUT2D eigenvalue weighted by Crippen LogP contribution is -2.29. The molecule has 4 aromatic rings. The van der Waals surface area contributed by atoms with Crippen LogP contribution in [0.25, 0.3) is 11.3 Å². The number of thiazole rings is 1. The smallest absolute Gasteiger partial charge is 0.261 e. The van der Waals surface area contributed by atoms with Crippen LogP contribution in [0.4, 0.5) is 5.13 Å². The number of aromatic nitrogens is 1. The van der Waals surface area contributed by atoms with Gasteiger partial charge in [0.2, 0.25) is 0 Å². The minimum absolute atomic E-state index is 0.0336. The van der Waals surface area contributed by atoms with Gasteiger partial charge < -0.3 is 9.47 Å². The summed E-state index contributed by atoms with van der Waals surface area (Å²) >= 11 is 1.29. The van der Waals surface area contributed by atoms with Gasteiger partial charge in [-0.3, -0.25) is 24.6 Å². The molecule has 5 rings (SSSR count). The highest BCUT2D eigenvalue weighted by molar-refractivity contribution is 7.14. The largest absolute Gasteiger partial charge is 0.496 e. The zero-order valence-corrected chi connectivity index (χ0v) is 20.3. The number of ether oxygens (including phenoxy) is 2. The molecule has 9 heteroatoms. The van der Waals surface area contributed by atoms with E-state index in [-0.39, 0.29) is 23.9 Å². The maximum atomic E-state index is 13.2. The maximum Gasteiger partial charge on any atom is 0.261 e. The van der Waals surface area contributed by atoms with Gasteiger partial charge in [0.1, 0.15) is 11.5 Å². The number of imide groups is 1. The number of nitrogens with zero attached hydrogens (tertiary/aromatic N) is 2. The SMILES string of the molecule is COc1ccc(CN2C(=O)c3ccccc3C2=O)cc1C(=O)Nc1nc(-c2ccccc2OC)cs1. The van der Waals surface area contributed by atoms with Crippen molar-refractivity contribution in [3.05, 3.63) is 94.4 Å². The van der Waals surface area contributed by atoms with Crippen molar-refractivity contribution in [3.63, 3.8) is 0 Å². The van der Waals surface area contributed by atoms with Gasteiger partial charge >= 0.3 is 0 Å². The Labute approximate surface area is 211 Å². The molecular formula is C27H21N3O5S. The first-order chi connectivity index (χ1) is 17.5. The molecule has 3 aromatic carbocycles. The van der Waals surface area contributed by atoms with Crippen LogP contribution in [0.1, 0.15) is 36.6 Å². The molecular weight excluding hydrogens is 478 g/mol. The molecule has 180 valence electrons. The maximum absolute atomic E-state index is 13.2. The second-order valence-electron chi connectivity index (χ2n) is 7.97. The number of methoxy groups -OCH3 is 2. The number of rotatable bonds is 7. The summed E-state index contributed by atoms with van der Waals surface area (Å²) in [5.74, 6) is -0.0894. The van der Waals surface area contributed by atoms with Gasteiger partial charge in [-0.25, -0.2) is 4.98 Å². The predicted octanol–water partition coefficient (Wildman–Crippen LogP) is 4.88. The van der Waals surface area contributed by atoms with Gasteiger partial charge in [-0.1, -0.05) is 30.3 Å². The summed E-state index contributed by atoms with van der Waals surface area (Å²) in [4.78, 5) is 44.4. The number of para-hydroxylation sites is 1. The van der Waals surface area contributed by atoms with Crippen molar-refractivity contribution in [1.82, 2.24) is 9.88 Å².